The Bertz CT molecular complexity index is 1100. The standard InChI is InChI=1S/C18H14ClN3OS/c1-11-9-13(12-5-3-2-4-6-12)21-17-14(11)15-16(24-17)18(23)22(8-7-19)10-20-15/h2-6,9-10H,7-8H2,1H3. The number of aromatic nitrogens is 3. The Balaban J connectivity index is 2.01. The van der Waals surface area contributed by atoms with Crippen LogP contribution in [0.2, 0.25) is 0 Å². The highest BCUT2D eigenvalue weighted by atomic mass is 35.5. The lowest BCUT2D eigenvalue weighted by atomic mass is 10.1. The second-order valence-electron chi connectivity index (χ2n) is 5.58. The van der Waals surface area contributed by atoms with Crippen molar-refractivity contribution in [1.29, 1.82) is 0 Å². The monoisotopic (exact) mass is 355 g/mol. The second-order valence-corrected chi connectivity index (χ2v) is 6.96. The van der Waals surface area contributed by atoms with Gasteiger partial charge < -0.3 is 0 Å². The van der Waals surface area contributed by atoms with Gasteiger partial charge in [0.25, 0.3) is 5.56 Å². The molecule has 0 aliphatic carbocycles. The van der Waals surface area contributed by atoms with Crippen LogP contribution in [-0.4, -0.2) is 20.4 Å². The average molecular weight is 356 g/mol. The number of hydrogen-bond acceptors (Lipinski definition) is 4. The van der Waals surface area contributed by atoms with Gasteiger partial charge in [-0.2, -0.15) is 0 Å². The molecule has 4 rings (SSSR count). The number of halogens is 1. The minimum atomic E-state index is -0.0516. The van der Waals surface area contributed by atoms with Gasteiger partial charge in [-0.1, -0.05) is 30.3 Å². The van der Waals surface area contributed by atoms with Gasteiger partial charge in [-0.15, -0.1) is 22.9 Å². The summed E-state index contributed by atoms with van der Waals surface area (Å²) in [6.07, 6.45) is 1.57. The van der Waals surface area contributed by atoms with Crippen LogP contribution in [0.5, 0.6) is 0 Å². The number of nitrogens with zero attached hydrogens (tertiary/aromatic N) is 3. The molecule has 0 saturated heterocycles. The van der Waals surface area contributed by atoms with Crippen LogP contribution in [0.4, 0.5) is 0 Å². The summed E-state index contributed by atoms with van der Waals surface area (Å²) in [7, 11) is 0. The van der Waals surface area contributed by atoms with Gasteiger partial charge in [-0.05, 0) is 18.6 Å². The summed E-state index contributed by atoms with van der Waals surface area (Å²) in [6, 6.07) is 12.1. The van der Waals surface area contributed by atoms with Crippen LogP contribution in [0.15, 0.2) is 47.5 Å². The molecule has 0 N–H and O–H groups in total. The summed E-state index contributed by atoms with van der Waals surface area (Å²) in [5.74, 6) is 0.382. The first-order valence-corrected chi connectivity index (χ1v) is 8.95. The maximum Gasteiger partial charge on any atom is 0.271 e. The number of pyridine rings is 1. The molecule has 0 saturated carbocycles. The van der Waals surface area contributed by atoms with Gasteiger partial charge >= 0.3 is 0 Å². The third-order valence-electron chi connectivity index (χ3n) is 4.01. The van der Waals surface area contributed by atoms with Crippen molar-refractivity contribution >= 4 is 43.4 Å². The highest BCUT2D eigenvalue weighted by molar-refractivity contribution is 7.25. The molecule has 4 nitrogen and oxygen atoms in total. The largest absolute Gasteiger partial charge is 0.297 e. The zero-order chi connectivity index (χ0) is 16.7. The van der Waals surface area contributed by atoms with E-state index in [1.807, 2.05) is 37.3 Å². The molecule has 24 heavy (non-hydrogen) atoms. The Labute approximate surface area is 147 Å². The molecule has 1 aromatic carbocycles. The Kier molecular flexibility index (Phi) is 3.82. The molecule has 0 aliphatic heterocycles. The molecule has 0 fully saturated rings. The molecule has 3 aromatic heterocycles. The fraction of sp³-hybridized carbons (Fsp3) is 0.167. The van der Waals surface area contributed by atoms with Crippen molar-refractivity contribution in [3.8, 4) is 11.3 Å². The molecule has 0 atom stereocenters. The van der Waals surface area contributed by atoms with E-state index in [4.69, 9.17) is 16.6 Å². The van der Waals surface area contributed by atoms with E-state index >= 15 is 0 Å². The van der Waals surface area contributed by atoms with Crippen molar-refractivity contribution in [2.45, 2.75) is 13.5 Å². The van der Waals surface area contributed by atoms with Crippen LogP contribution in [0.1, 0.15) is 5.56 Å². The van der Waals surface area contributed by atoms with Crippen molar-refractivity contribution in [2.24, 2.45) is 0 Å². The number of alkyl halides is 1. The predicted octanol–water partition coefficient (Wildman–Crippen LogP) is 4.22. The Morgan fingerprint density at radius 3 is 2.79 bits per heavy atom. The molecular formula is C18H14ClN3OS. The molecule has 0 amide bonds. The summed E-state index contributed by atoms with van der Waals surface area (Å²) in [5.41, 5.74) is 3.73. The van der Waals surface area contributed by atoms with E-state index in [0.717, 1.165) is 32.6 Å². The van der Waals surface area contributed by atoms with Crippen LogP contribution in [0, 0.1) is 6.92 Å². The lowest BCUT2D eigenvalue weighted by molar-refractivity contribution is 0.724. The molecule has 4 aromatic rings. The zero-order valence-corrected chi connectivity index (χ0v) is 14.6. The van der Waals surface area contributed by atoms with E-state index in [1.165, 1.54) is 11.3 Å². The van der Waals surface area contributed by atoms with E-state index in [9.17, 15) is 4.79 Å². The first kappa shape index (κ1) is 15.3. The number of aryl methyl sites for hydroxylation is 2. The van der Waals surface area contributed by atoms with Crippen molar-refractivity contribution < 1.29 is 0 Å². The van der Waals surface area contributed by atoms with Crippen LogP contribution in [-0.2, 0) is 6.54 Å². The van der Waals surface area contributed by atoms with Crippen LogP contribution < -0.4 is 5.56 Å². The highest BCUT2D eigenvalue weighted by Gasteiger charge is 2.15. The van der Waals surface area contributed by atoms with E-state index in [1.54, 1.807) is 10.9 Å². The van der Waals surface area contributed by atoms with Gasteiger partial charge in [0.05, 0.1) is 17.5 Å². The first-order valence-electron chi connectivity index (χ1n) is 7.59. The second kappa shape index (κ2) is 6.00. The molecule has 0 aliphatic rings. The van der Waals surface area contributed by atoms with Gasteiger partial charge in [0.1, 0.15) is 9.53 Å². The summed E-state index contributed by atoms with van der Waals surface area (Å²) in [6.45, 7) is 2.49. The molecule has 0 spiro atoms. The average Bonchev–Trinajstić information content (AvgIpc) is 2.98. The SMILES string of the molecule is Cc1cc(-c2ccccc2)nc2sc3c(=O)n(CCCl)cnc3c12. The smallest absolute Gasteiger partial charge is 0.271 e. The van der Waals surface area contributed by atoms with Crippen molar-refractivity contribution in [3.63, 3.8) is 0 Å². The topological polar surface area (TPSA) is 47.8 Å². The normalized spacial score (nSPS) is 11.4. The predicted molar refractivity (Wildman–Crippen MR) is 100 cm³/mol. The summed E-state index contributed by atoms with van der Waals surface area (Å²) >= 11 is 7.16. The molecule has 6 heteroatoms. The quantitative estimate of drug-likeness (QED) is 0.517. The minimum Gasteiger partial charge on any atom is -0.297 e. The molecule has 0 unspecified atom stereocenters. The fourth-order valence-electron chi connectivity index (χ4n) is 2.85. The van der Waals surface area contributed by atoms with Crippen molar-refractivity contribution in [2.75, 3.05) is 5.88 Å². The maximum atomic E-state index is 12.6. The number of hydrogen-bond donors (Lipinski definition) is 0. The Morgan fingerprint density at radius 2 is 2.04 bits per heavy atom. The van der Waals surface area contributed by atoms with Gasteiger partial charge in [-0.25, -0.2) is 9.97 Å². The maximum absolute atomic E-state index is 12.6. The van der Waals surface area contributed by atoms with E-state index < -0.39 is 0 Å². The number of rotatable bonds is 3. The summed E-state index contributed by atoms with van der Waals surface area (Å²) in [4.78, 5) is 22.7. The number of fused-ring (bicyclic) bond motifs is 3. The third-order valence-corrected chi connectivity index (χ3v) is 5.24. The Hall–Kier alpha value is -2.24. The summed E-state index contributed by atoms with van der Waals surface area (Å²) < 4.78 is 2.19. The number of benzene rings is 1. The first-order chi connectivity index (χ1) is 11.7. The highest BCUT2D eigenvalue weighted by Crippen LogP contribution is 2.33. The Morgan fingerprint density at radius 1 is 1.25 bits per heavy atom. The van der Waals surface area contributed by atoms with Gasteiger partial charge in [0.2, 0.25) is 0 Å². The van der Waals surface area contributed by atoms with Crippen LogP contribution in [0.3, 0.4) is 0 Å². The molecule has 3 heterocycles. The van der Waals surface area contributed by atoms with E-state index in [0.29, 0.717) is 17.1 Å². The lowest BCUT2D eigenvalue weighted by Crippen LogP contribution is -2.20. The number of thiophene rings is 1. The summed E-state index contributed by atoms with van der Waals surface area (Å²) in [5, 5.41) is 0.963. The fourth-order valence-corrected chi connectivity index (χ4v) is 4.18. The zero-order valence-electron chi connectivity index (χ0n) is 13.0. The van der Waals surface area contributed by atoms with Crippen LogP contribution in [0.25, 0.3) is 31.7 Å². The van der Waals surface area contributed by atoms with E-state index in [2.05, 4.69) is 11.1 Å². The van der Waals surface area contributed by atoms with Crippen molar-refractivity contribution in [1.82, 2.24) is 14.5 Å². The van der Waals surface area contributed by atoms with Gasteiger partial charge in [0.15, 0.2) is 0 Å². The molecular weight excluding hydrogens is 342 g/mol. The van der Waals surface area contributed by atoms with Gasteiger partial charge in [-0.3, -0.25) is 9.36 Å². The van der Waals surface area contributed by atoms with E-state index in [-0.39, 0.29) is 5.56 Å². The lowest BCUT2D eigenvalue weighted by Gasteiger charge is -2.04. The molecule has 0 radical (unpaired) electrons. The third kappa shape index (κ3) is 2.41. The minimum absolute atomic E-state index is 0.0516. The van der Waals surface area contributed by atoms with Crippen molar-refractivity contribution in [3.05, 3.63) is 58.6 Å². The van der Waals surface area contributed by atoms with Gasteiger partial charge in [0, 0.05) is 23.4 Å². The molecule has 120 valence electrons. The van der Waals surface area contributed by atoms with Crippen LogP contribution >= 0.6 is 22.9 Å². The molecule has 0 bridgehead atoms.